The monoisotopic (exact) mass is 331 g/mol. The Kier molecular flexibility index (Phi) is 5.25. The van der Waals surface area contributed by atoms with Crippen LogP contribution in [0.25, 0.3) is 0 Å². The van der Waals surface area contributed by atoms with Crippen LogP contribution in [0.2, 0.25) is 0 Å². The second-order valence-corrected chi connectivity index (χ2v) is 6.71. The molecule has 2 heterocycles. The zero-order chi connectivity index (χ0) is 16.1. The van der Waals surface area contributed by atoms with Crippen LogP contribution in [0.1, 0.15) is 22.7 Å². The number of amides is 1. The number of nitrogens with one attached hydrogen (secondary N) is 2. The number of nitrogens with zero attached hydrogens (tertiary/aromatic N) is 1. The topological polar surface area (TPSA) is 63.2 Å². The van der Waals surface area contributed by atoms with Gasteiger partial charge in [0.2, 0.25) is 5.91 Å². The lowest BCUT2D eigenvalue weighted by atomic mass is 10.2. The number of thiazole rings is 1. The van der Waals surface area contributed by atoms with Crippen LogP contribution in [0.3, 0.4) is 0 Å². The van der Waals surface area contributed by atoms with Crippen molar-refractivity contribution in [2.45, 2.75) is 32.4 Å². The Morgan fingerprint density at radius 1 is 1.43 bits per heavy atom. The number of benzene rings is 1. The summed E-state index contributed by atoms with van der Waals surface area (Å²) in [6.07, 6.45) is 1.33. The Labute approximate surface area is 140 Å². The largest absolute Gasteiger partial charge is 0.486 e. The fraction of sp³-hybridized carbons (Fsp3) is 0.412. The van der Waals surface area contributed by atoms with E-state index in [0.717, 1.165) is 36.0 Å². The number of aromatic nitrogens is 1. The van der Waals surface area contributed by atoms with Crippen molar-refractivity contribution in [1.29, 1.82) is 0 Å². The van der Waals surface area contributed by atoms with E-state index in [4.69, 9.17) is 4.74 Å². The minimum atomic E-state index is 0.0370. The van der Waals surface area contributed by atoms with Gasteiger partial charge in [0.15, 0.2) is 0 Å². The Morgan fingerprint density at radius 2 is 2.26 bits per heavy atom. The molecule has 0 radical (unpaired) electrons. The molecule has 5 nitrogen and oxygen atoms in total. The van der Waals surface area contributed by atoms with Crippen molar-refractivity contribution < 1.29 is 9.53 Å². The van der Waals surface area contributed by atoms with Gasteiger partial charge in [-0.15, -0.1) is 11.3 Å². The number of rotatable bonds is 6. The minimum Gasteiger partial charge on any atom is -0.486 e. The van der Waals surface area contributed by atoms with E-state index >= 15 is 0 Å². The van der Waals surface area contributed by atoms with Crippen LogP contribution in [-0.4, -0.2) is 30.0 Å². The molecule has 1 aromatic carbocycles. The third-order valence-corrected chi connectivity index (χ3v) is 4.62. The van der Waals surface area contributed by atoms with E-state index in [0.29, 0.717) is 13.0 Å². The number of hydrogen-bond acceptors (Lipinski definition) is 5. The van der Waals surface area contributed by atoms with Gasteiger partial charge < -0.3 is 15.4 Å². The van der Waals surface area contributed by atoms with Crippen LogP contribution in [0.4, 0.5) is 0 Å². The summed E-state index contributed by atoms with van der Waals surface area (Å²) in [6.45, 7) is 4.31. The summed E-state index contributed by atoms with van der Waals surface area (Å²) in [7, 11) is 0. The zero-order valence-electron chi connectivity index (χ0n) is 13.2. The van der Waals surface area contributed by atoms with Crippen LogP contribution in [-0.2, 0) is 17.8 Å². The molecule has 1 fully saturated rings. The molecule has 1 amide bonds. The predicted octanol–water partition coefficient (Wildman–Crippen LogP) is 2.05. The molecule has 1 aromatic heterocycles. The van der Waals surface area contributed by atoms with Gasteiger partial charge in [0.25, 0.3) is 0 Å². The van der Waals surface area contributed by atoms with Crippen molar-refractivity contribution in [2.24, 2.45) is 0 Å². The molecule has 23 heavy (non-hydrogen) atoms. The van der Waals surface area contributed by atoms with Crippen LogP contribution < -0.4 is 15.4 Å². The average Bonchev–Trinajstić information content (AvgIpc) is 3.19. The number of carbonyl (C=O) groups is 1. The first-order chi connectivity index (χ1) is 11.2. The second-order valence-electron chi connectivity index (χ2n) is 5.77. The van der Waals surface area contributed by atoms with Crippen molar-refractivity contribution in [1.82, 2.24) is 15.6 Å². The number of carbonyl (C=O) groups excluding carboxylic acids is 1. The zero-order valence-corrected chi connectivity index (χ0v) is 14.0. The maximum absolute atomic E-state index is 12.0. The minimum absolute atomic E-state index is 0.0370. The van der Waals surface area contributed by atoms with Gasteiger partial charge in [0, 0.05) is 18.0 Å². The third-order valence-electron chi connectivity index (χ3n) is 3.75. The first-order valence-corrected chi connectivity index (χ1v) is 8.70. The SMILES string of the molecule is Cc1ccc(OCc2nc(CC(=O)NC3CCNC3)cs2)cc1. The van der Waals surface area contributed by atoms with Gasteiger partial charge in [-0.2, -0.15) is 0 Å². The first kappa shape index (κ1) is 16.0. The fourth-order valence-electron chi connectivity index (χ4n) is 2.50. The first-order valence-electron chi connectivity index (χ1n) is 7.82. The lowest BCUT2D eigenvalue weighted by molar-refractivity contribution is -0.121. The van der Waals surface area contributed by atoms with E-state index in [-0.39, 0.29) is 11.9 Å². The van der Waals surface area contributed by atoms with Gasteiger partial charge in [-0.1, -0.05) is 17.7 Å². The molecule has 0 spiro atoms. The van der Waals surface area contributed by atoms with Crippen molar-refractivity contribution in [2.75, 3.05) is 13.1 Å². The molecule has 2 aromatic rings. The van der Waals surface area contributed by atoms with Gasteiger partial charge in [-0.3, -0.25) is 4.79 Å². The summed E-state index contributed by atoms with van der Waals surface area (Å²) >= 11 is 1.53. The predicted molar refractivity (Wildman–Crippen MR) is 90.7 cm³/mol. The molecule has 0 bridgehead atoms. The molecule has 1 atom stereocenters. The summed E-state index contributed by atoms with van der Waals surface area (Å²) in [6, 6.07) is 8.20. The van der Waals surface area contributed by atoms with Crippen LogP contribution in [0.15, 0.2) is 29.6 Å². The van der Waals surface area contributed by atoms with E-state index in [1.54, 1.807) is 0 Å². The summed E-state index contributed by atoms with van der Waals surface area (Å²) in [5.41, 5.74) is 2.01. The normalized spacial score (nSPS) is 17.2. The number of ether oxygens (including phenoxy) is 1. The maximum atomic E-state index is 12.0. The fourth-order valence-corrected chi connectivity index (χ4v) is 3.20. The Bertz CT molecular complexity index is 648. The highest BCUT2D eigenvalue weighted by Gasteiger charge is 2.17. The summed E-state index contributed by atoms with van der Waals surface area (Å²) in [4.78, 5) is 16.5. The summed E-state index contributed by atoms with van der Waals surface area (Å²) < 4.78 is 5.71. The standard InChI is InChI=1S/C17H21N3O2S/c1-12-2-4-15(5-3-12)22-10-17-20-14(11-23-17)8-16(21)19-13-6-7-18-9-13/h2-5,11,13,18H,6-10H2,1H3,(H,19,21). The molecule has 1 aliphatic heterocycles. The van der Waals surface area contributed by atoms with E-state index < -0.39 is 0 Å². The van der Waals surface area contributed by atoms with Crippen LogP contribution >= 0.6 is 11.3 Å². The molecule has 0 aliphatic carbocycles. The quantitative estimate of drug-likeness (QED) is 0.850. The second kappa shape index (κ2) is 7.57. The van der Waals surface area contributed by atoms with E-state index in [9.17, 15) is 4.79 Å². The molecule has 1 saturated heterocycles. The molecule has 1 aliphatic rings. The molecular weight excluding hydrogens is 310 g/mol. The van der Waals surface area contributed by atoms with Crippen molar-refractivity contribution in [3.05, 3.63) is 45.9 Å². The van der Waals surface area contributed by atoms with Gasteiger partial charge in [0.1, 0.15) is 17.4 Å². The van der Waals surface area contributed by atoms with Gasteiger partial charge in [0.05, 0.1) is 12.1 Å². The molecular formula is C17H21N3O2S. The van der Waals surface area contributed by atoms with Gasteiger partial charge >= 0.3 is 0 Å². The molecule has 3 rings (SSSR count). The molecule has 6 heteroatoms. The van der Waals surface area contributed by atoms with Gasteiger partial charge in [-0.25, -0.2) is 4.98 Å². The highest BCUT2D eigenvalue weighted by Crippen LogP contribution is 2.16. The maximum Gasteiger partial charge on any atom is 0.226 e. The van der Waals surface area contributed by atoms with Crippen LogP contribution in [0, 0.1) is 6.92 Å². The Balaban J connectivity index is 1.47. The lowest BCUT2D eigenvalue weighted by Crippen LogP contribution is -2.37. The molecule has 1 unspecified atom stereocenters. The van der Waals surface area contributed by atoms with Crippen molar-refractivity contribution in [3.8, 4) is 5.75 Å². The highest BCUT2D eigenvalue weighted by atomic mass is 32.1. The Hall–Kier alpha value is -1.92. The van der Waals surface area contributed by atoms with Crippen molar-refractivity contribution in [3.63, 3.8) is 0 Å². The van der Waals surface area contributed by atoms with Crippen LogP contribution in [0.5, 0.6) is 5.75 Å². The average molecular weight is 331 g/mol. The summed E-state index contributed by atoms with van der Waals surface area (Å²) in [5, 5.41) is 9.08. The van der Waals surface area contributed by atoms with E-state index in [1.165, 1.54) is 16.9 Å². The lowest BCUT2D eigenvalue weighted by Gasteiger charge is -2.10. The van der Waals surface area contributed by atoms with E-state index in [1.807, 2.05) is 36.6 Å². The molecule has 0 saturated carbocycles. The number of hydrogen-bond donors (Lipinski definition) is 2. The highest BCUT2D eigenvalue weighted by molar-refractivity contribution is 7.09. The summed E-state index contributed by atoms with van der Waals surface area (Å²) in [5.74, 6) is 0.869. The number of aryl methyl sites for hydroxylation is 1. The smallest absolute Gasteiger partial charge is 0.226 e. The van der Waals surface area contributed by atoms with Crippen molar-refractivity contribution >= 4 is 17.2 Å². The third kappa shape index (κ3) is 4.77. The Morgan fingerprint density at radius 3 is 3.00 bits per heavy atom. The van der Waals surface area contributed by atoms with E-state index in [2.05, 4.69) is 15.6 Å². The van der Waals surface area contributed by atoms with Gasteiger partial charge in [-0.05, 0) is 32.0 Å². The molecule has 122 valence electrons. The molecule has 2 N–H and O–H groups in total.